The van der Waals surface area contributed by atoms with Crippen molar-refractivity contribution in [2.24, 2.45) is 5.92 Å². The number of nitrogens with zero attached hydrogens (tertiary/aromatic N) is 1. The predicted octanol–water partition coefficient (Wildman–Crippen LogP) is 2.79. The highest BCUT2D eigenvalue weighted by Crippen LogP contribution is 2.37. The van der Waals surface area contributed by atoms with Gasteiger partial charge in [0.15, 0.2) is 0 Å². The molecule has 1 saturated heterocycles. The van der Waals surface area contributed by atoms with Crippen molar-refractivity contribution in [1.82, 2.24) is 10.3 Å². The number of ketones is 1. The van der Waals surface area contributed by atoms with Crippen LogP contribution in [0.15, 0.2) is 36.7 Å². The highest BCUT2D eigenvalue weighted by molar-refractivity contribution is 5.82. The first-order valence-electron chi connectivity index (χ1n) is 8.68. The van der Waals surface area contributed by atoms with Crippen molar-refractivity contribution in [2.45, 2.75) is 25.2 Å². The molecule has 2 unspecified atom stereocenters. The summed E-state index contributed by atoms with van der Waals surface area (Å²) in [4.78, 5) is 28.2. The lowest BCUT2D eigenvalue weighted by atomic mass is 9.77. The Morgan fingerprint density at radius 3 is 2.56 bits per heavy atom. The smallest absolute Gasteiger partial charge is 0.220 e. The minimum Gasteiger partial charge on any atom is -0.497 e. The average Bonchev–Trinajstić information content (AvgIpc) is 2.64. The number of aromatic nitrogens is 1. The van der Waals surface area contributed by atoms with Crippen LogP contribution in [0.2, 0.25) is 0 Å². The molecule has 3 rings (SSSR count). The van der Waals surface area contributed by atoms with Gasteiger partial charge in [-0.3, -0.25) is 14.6 Å². The molecule has 1 N–H and O–H groups in total. The molecule has 0 bridgehead atoms. The molecule has 1 aliphatic heterocycles. The number of Topliss-reactive ketones (excluding diaryl/α,β-unsaturated/α-hetero) is 1. The van der Waals surface area contributed by atoms with Gasteiger partial charge in [-0.25, -0.2) is 8.78 Å². The first kappa shape index (κ1) is 18.9. The molecule has 5 nitrogen and oxygen atoms in total. The first-order chi connectivity index (χ1) is 13.0. The summed E-state index contributed by atoms with van der Waals surface area (Å²) < 4.78 is 33.9. The maximum absolute atomic E-state index is 14.5. The summed E-state index contributed by atoms with van der Waals surface area (Å²) in [6, 6.07) is 5.70. The number of hydrogen-bond donors (Lipinski definition) is 1. The number of nitrogens with one attached hydrogen (secondary N) is 1. The summed E-state index contributed by atoms with van der Waals surface area (Å²) in [5.74, 6) is -2.88. The van der Waals surface area contributed by atoms with Gasteiger partial charge in [-0.15, -0.1) is 0 Å². The van der Waals surface area contributed by atoms with E-state index in [1.54, 1.807) is 24.5 Å². The summed E-state index contributed by atoms with van der Waals surface area (Å²) >= 11 is 0. The lowest BCUT2D eigenvalue weighted by molar-refractivity contribution is -0.125. The Labute approximate surface area is 155 Å². The van der Waals surface area contributed by atoms with Gasteiger partial charge in [-0.1, -0.05) is 0 Å². The minimum absolute atomic E-state index is 0.0540. The highest BCUT2D eigenvalue weighted by atomic mass is 19.1. The van der Waals surface area contributed by atoms with E-state index in [9.17, 15) is 18.4 Å². The molecule has 1 aliphatic rings. The van der Waals surface area contributed by atoms with Crippen molar-refractivity contribution in [3.05, 3.63) is 59.4 Å². The number of rotatable bonds is 6. The number of piperidine rings is 1. The average molecular weight is 374 g/mol. The molecule has 0 spiro atoms. The summed E-state index contributed by atoms with van der Waals surface area (Å²) in [6.45, 7) is 0.205. The third-order valence-corrected chi connectivity index (χ3v) is 4.84. The zero-order chi connectivity index (χ0) is 19.4. The largest absolute Gasteiger partial charge is 0.497 e. The molecule has 27 heavy (non-hydrogen) atoms. The molecular formula is C20H20F2N2O3. The van der Waals surface area contributed by atoms with Crippen molar-refractivity contribution in [3.63, 3.8) is 0 Å². The second-order valence-electron chi connectivity index (χ2n) is 6.65. The van der Waals surface area contributed by atoms with Gasteiger partial charge in [0, 0.05) is 61.8 Å². The Balaban J connectivity index is 1.81. The van der Waals surface area contributed by atoms with Crippen molar-refractivity contribution in [3.8, 4) is 5.75 Å². The SMILES string of the molecule is COc1cc(F)c(C2CC(=O)NCC2CC(=O)Cc2ccncc2)c(F)c1. The summed E-state index contributed by atoms with van der Waals surface area (Å²) in [5.41, 5.74) is 0.667. The van der Waals surface area contributed by atoms with Gasteiger partial charge in [0.25, 0.3) is 0 Å². The zero-order valence-corrected chi connectivity index (χ0v) is 14.9. The molecule has 1 amide bonds. The van der Waals surface area contributed by atoms with Gasteiger partial charge >= 0.3 is 0 Å². The fraction of sp³-hybridized carbons (Fsp3) is 0.350. The van der Waals surface area contributed by atoms with Crippen molar-refractivity contribution >= 4 is 11.7 Å². The summed E-state index contributed by atoms with van der Waals surface area (Å²) in [5, 5.41) is 2.69. The Bertz CT molecular complexity index is 819. The van der Waals surface area contributed by atoms with Crippen LogP contribution >= 0.6 is 0 Å². The number of carbonyl (C=O) groups is 2. The molecule has 1 aromatic carbocycles. The number of halogens is 2. The van der Waals surface area contributed by atoms with Crippen LogP contribution in [-0.2, 0) is 16.0 Å². The van der Waals surface area contributed by atoms with Crippen molar-refractivity contribution in [2.75, 3.05) is 13.7 Å². The molecule has 2 atom stereocenters. The number of amides is 1. The molecule has 0 radical (unpaired) electrons. The van der Waals surface area contributed by atoms with Gasteiger partial charge in [0.1, 0.15) is 23.2 Å². The van der Waals surface area contributed by atoms with E-state index in [4.69, 9.17) is 4.74 Å². The third kappa shape index (κ3) is 4.48. The number of carbonyl (C=O) groups excluding carboxylic acids is 2. The monoisotopic (exact) mass is 374 g/mol. The maximum atomic E-state index is 14.5. The highest BCUT2D eigenvalue weighted by Gasteiger charge is 2.35. The predicted molar refractivity (Wildman–Crippen MR) is 94.3 cm³/mol. The molecule has 1 fully saturated rings. The molecule has 1 aromatic heterocycles. The minimum atomic E-state index is -0.766. The van der Waals surface area contributed by atoms with E-state index < -0.39 is 17.6 Å². The number of hydrogen-bond acceptors (Lipinski definition) is 4. The molecule has 2 aromatic rings. The Kier molecular flexibility index (Phi) is 5.78. The van der Waals surface area contributed by atoms with Crippen LogP contribution in [0.3, 0.4) is 0 Å². The van der Waals surface area contributed by atoms with Gasteiger partial charge in [0.2, 0.25) is 5.91 Å². The van der Waals surface area contributed by atoms with E-state index in [1.807, 2.05) is 0 Å². The maximum Gasteiger partial charge on any atom is 0.220 e. The number of methoxy groups -OCH3 is 1. The molecule has 2 heterocycles. The van der Waals surface area contributed by atoms with E-state index >= 15 is 0 Å². The molecule has 142 valence electrons. The fourth-order valence-electron chi connectivity index (χ4n) is 3.50. The second kappa shape index (κ2) is 8.24. The van der Waals surface area contributed by atoms with Gasteiger partial charge in [0.05, 0.1) is 7.11 Å². The number of benzene rings is 1. The molecular weight excluding hydrogens is 354 g/mol. The van der Waals surface area contributed by atoms with E-state index in [0.717, 1.165) is 17.7 Å². The van der Waals surface area contributed by atoms with Crippen LogP contribution in [0, 0.1) is 17.6 Å². The topological polar surface area (TPSA) is 68.3 Å². The van der Waals surface area contributed by atoms with E-state index in [1.165, 1.54) is 7.11 Å². The van der Waals surface area contributed by atoms with Crippen LogP contribution in [0.1, 0.15) is 29.9 Å². The quantitative estimate of drug-likeness (QED) is 0.844. The lowest BCUT2D eigenvalue weighted by Crippen LogP contribution is -2.41. The summed E-state index contributed by atoms with van der Waals surface area (Å²) in [6.07, 6.45) is 3.49. The standard InChI is InChI=1S/C20H20F2N2O3/c1-27-15-8-17(21)20(18(22)9-15)16-10-19(26)24-11-13(16)7-14(25)6-12-2-4-23-5-3-12/h2-5,8-9,13,16H,6-7,10-11H2,1H3,(H,24,26). The van der Waals surface area contributed by atoms with E-state index in [0.29, 0.717) is 0 Å². The van der Waals surface area contributed by atoms with Crippen molar-refractivity contribution < 1.29 is 23.1 Å². The Hall–Kier alpha value is -2.83. The Morgan fingerprint density at radius 2 is 1.93 bits per heavy atom. The third-order valence-electron chi connectivity index (χ3n) is 4.84. The van der Waals surface area contributed by atoms with Gasteiger partial charge in [-0.2, -0.15) is 0 Å². The van der Waals surface area contributed by atoms with Crippen LogP contribution in [0.5, 0.6) is 5.75 Å². The molecule has 0 aliphatic carbocycles. The second-order valence-corrected chi connectivity index (χ2v) is 6.65. The van der Waals surface area contributed by atoms with Gasteiger partial charge in [-0.05, 0) is 23.6 Å². The molecule has 7 heteroatoms. The van der Waals surface area contributed by atoms with Crippen LogP contribution < -0.4 is 10.1 Å². The van der Waals surface area contributed by atoms with Gasteiger partial charge < -0.3 is 10.1 Å². The van der Waals surface area contributed by atoms with E-state index in [-0.39, 0.29) is 54.7 Å². The van der Waals surface area contributed by atoms with E-state index in [2.05, 4.69) is 10.3 Å². The lowest BCUT2D eigenvalue weighted by Gasteiger charge is -2.32. The first-order valence-corrected chi connectivity index (χ1v) is 8.68. The van der Waals surface area contributed by atoms with Crippen LogP contribution in [-0.4, -0.2) is 30.3 Å². The Morgan fingerprint density at radius 1 is 1.26 bits per heavy atom. The van der Waals surface area contributed by atoms with Crippen LogP contribution in [0.25, 0.3) is 0 Å². The number of pyridine rings is 1. The van der Waals surface area contributed by atoms with Crippen LogP contribution in [0.4, 0.5) is 8.78 Å². The fourth-order valence-corrected chi connectivity index (χ4v) is 3.50. The van der Waals surface area contributed by atoms with Crippen molar-refractivity contribution in [1.29, 1.82) is 0 Å². The zero-order valence-electron chi connectivity index (χ0n) is 14.9. The summed E-state index contributed by atoms with van der Waals surface area (Å²) in [7, 11) is 1.32. The number of ether oxygens (including phenoxy) is 1. The molecule has 0 saturated carbocycles. The normalized spacial score (nSPS) is 19.4.